The van der Waals surface area contributed by atoms with E-state index < -0.39 is 35.0 Å². The minimum absolute atomic E-state index is 0.0135. The van der Waals surface area contributed by atoms with Crippen molar-refractivity contribution in [3.8, 4) is 5.75 Å². The van der Waals surface area contributed by atoms with E-state index in [0.29, 0.717) is 21.9 Å². The molecule has 0 aliphatic carbocycles. The number of ether oxygens (including phenoxy) is 2. The summed E-state index contributed by atoms with van der Waals surface area (Å²) in [6.07, 6.45) is -3.49. The molecule has 5 rings (SSSR count). The van der Waals surface area contributed by atoms with E-state index in [4.69, 9.17) is 21.1 Å². The molecule has 0 radical (unpaired) electrons. The number of hydrogen-bond donors (Lipinski definition) is 0. The third kappa shape index (κ3) is 6.02. The highest BCUT2D eigenvalue weighted by Crippen LogP contribution is 2.38. The average Bonchev–Trinajstić information content (AvgIpc) is 3.27. The molecule has 4 aromatic rings. The van der Waals surface area contributed by atoms with Gasteiger partial charge in [0.1, 0.15) is 18.2 Å². The minimum atomic E-state index is -5.00. The second-order valence-corrected chi connectivity index (χ2v) is 10.5. The highest BCUT2D eigenvalue weighted by atomic mass is 35.5. The van der Waals surface area contributed by atoms with E-state index in [0.717, 1.165) is 15.9 Å². The lowest BCUT2D eigenvalue weighted by atomic mass is 9.95. The number of carbonyl (C=O) groups excluding carboxylic acids is 1. The molecule has 12 heteroatoms. The predicted molar refractivity (Wildman–Crippen MR) is 149 cm³/mol. The van der Waals surface area contributed by atoms with Crippen LogP contribution in [0.3, 0.4) is 0 Å². The summed E-state index contributed by atoms with van der Waals surface area (Å²) in [6.45, 7) is 1.30. The Morgan fingerprint density at radius 1 is 1.07 bits per heavy atom. The maximum Gasteiger partial charge on any atom is 0.434 e. The number of alkyl halides is 3. The van der Waals surface area contributed by atoms with Gasteiger partial charge in [-0.05, 0) is 54.5 Å². The molecular weight excluding hydrogens is 596 g/mol. The second kappa shape index (κ2) is 11.9. The number of benzene rings is 3. The molecule has 0 unspecified atom stereocenters. The molecule has 0 saturated heterocycles. The van der Waals surface area contributed by atoms with Crippen LogP contribution in [0.5, 0.6) is 5.75 Å². The molecule has 3 aromatic carbocycles. The van der Waals surface area contributed by atoms with Crippen molar-refractivity contribution in [2.24, 2.45) is 4.99 Å². The number of halogens is 5. The standard InChI is InChI=1S/C30H21ClF4N2O4S/c1-2-40-28(39)24-25(18-9-11-20(31)12-10-18)37-27(38)23(42-29(37)36-26(24)30(33,34)35)15-17-7-13-21(14-8-17)41-16-19-5-3-4-6-22(19)32/h3-15,25H,2,16H2,1H3/b23-15-/t25-/m1/s1. The molecule has 1 atom stereocenters. The number of fused-ring (bicyclic) bond motifs is 1. The topological polar surface area (TPSA) is 69.9 Å². The van der Waals surface area contributed by atoms with Crippen LogP contribution >= 0.6 is 22.9 Å². The van der Waals surface area contributed by atoms with Gasteiger partial charge in [0.15, 0.2) is 10.5 Å². The Bertz CT molecular complexity index is 1850. The van der Waals surface area contributed by atoms with Crippen LogP contribution in [0.25, 0.3) is 6.08 Å². The summed E-state index contributed by atoms with van der Waals surface area (Å²) in [5, 5.41) is 0.324. The molecule has 0 spiro atoms. The number of hydrogen-bond acceptors (Lipinski definition) is 6. The first-order chi connectivity index (χ1) is 20.1. The normalized spacial score (nSPS) is 15.3. The van der Waals surface area contributed by atoms with Crippen LogP contribution in [0, 0.1) is 5.82 Å². The predicted octanol–water partition coefficient (Wildman–Crippen LogP) is 5.71. The van der Waals surface area contributed by atoms with E-state index in [9.17, 15) is 27.2 Å². The lowest BCUT2D eigenvalue weighted by molar-refractivity contribution is -0.140. The van der Waals surface area contributed by atoms with Crippen molar-refractivity contribution in [1.29, 1.82) is 0 Å². The zero-order valence-corrected chi connectivity index (χ0v) is 23.4. The van der Waals surface area contributed by atoms with Crippen molar-refractivity contribution in [2.45, 2.75) is 25.7 Å². The molecular formula is C30H21ClF4N2O4S. The number of nitrogens with zero attached hydrogens (tertiary/aromatic N) is 2. The molecule has 0 fully saturated rings. The Balaban J connectivity index is 1.57. The van der Waals surface area contributed by atoms with Crippen molar-refractivity contribution in [2.75, 3.05) is 6.61 Å². The Hall–Kier alpha value is -4.22. The molecule has 0 N–H and O–H groups in total. The van der Waals surface area contributed by atoms with Crippen LogP contribution in [0.2, 0.25) is 5.02 Å². The molecule has 6 nitrogen and oxygen atoms in total. The summed E-state index contributed by atoms with van der Waals surface area (Å²) in [5.74, 6) is -1.16. The molecule has 216 valence electrons. The second-order valence-electron chi connectivity index (χ2n) is 9.06. The first-order valence-electron chi connectivity index (χ1n) is 12.6. The van der Waals surface area contributed by atoms with Gasteiger partial charge in [0.05, 0.1) is 22.8 Å². The van der Waals surface area contributed by atoms with Gasteiger partial charge >= 0.3 is 12.1 Å². The first kappa shape index (κ1) is 29.3. The largest absolute Gasteiger partial charge is 0.489 e. The van der Waals surface area contributed by atoms with Crippen LogP contribution in [-0.2, 0) is 16.1 Å². The summed E-state index contributed by atoms with van der Waals surface area (Å²) in [4.78, 5) is 30.1. The minimum Gasteiger partial charge on any atom is -0.489 e. The highest BCUT2D eigenvalue weighted by Gasteiger charge is 2.45. The van der Waals surface area contributed by atoms with E-state index in [2.05, 4.69) is 4.99 Å². The van der Waals surface area contributed by atoms with E-state index in [1.165, 1.54) is 43.3 Å². The Kier molecular flexibility index (Phi) is 8.33. The van der Waals surface area contributed by atoms with Gasteiger partial charge < -0.3 is 9.47 Å². The molecule has 0 bridgehead atoms. The van der Waals surface area contributed by atoms with Crippen molar-refractivity contribution in [3.63, 3.8) is 0 Å². The third-order valence-corrected chi connectivity index (χ3v) is 7.55. The lowest BCUT2D eigenvalue weighted by Crippen LogP contribution is -2.41. The fourth-order valence-corrected chi connectivity index (χ4v) is 5.52. The number of allylic oxidation sites excluding steroid dienone is 1. The summed E-state index contributed by atoms with van der Waals surface area (Å²) < 4.78 is 68.3. The molecule has 1 aromatic heterocycles. The quantitative estimate of drug-likeness (QED) is 0.197. The third-order valence-electron chi connectivity index (χ3n) is 6.31. The fourth-order valence-electron chi connectivity index (χ4n) is 4.39. The van der Waals surface area contributed by atoms with Gasteiger partial charge in [-0.3, -0.25) is 9.36 Å². The van der Waals surface area contributed by atoms with E-state index in [-0.39, 0.29) is 33.9 Å². The van der Waals surface area contributed by atoms with Crippen LogP contribution in [0.4, 0.5) is 17.6 Å². The van der Waals surface area contributed by atoms with E-state index in [1.807, 2.05) is 0 Å². The lowest BCUT2D eigenvalue weighted by Gasteiger charge is -2.26. The van der Waals surface area contributed by atoms with Gasteiger partial charge in [0, 0.05) is 10.6 Å². The highest BCUT2D eigenvalue weighted by molar-refractivity contribution is 7.07. The Labute approximate surface area is 245 Å². The Morgan fingerprint density at radius 2 is 1.76 bits per heavy atom. The zero-order chi connectivity index (χ0) is 30.0. The van der Waals surface area contributed by atoms with Crippen molar-refractivity contribution < 1.29 is 31.8 Å². The SMILES string of the molecule is CCOC(=O)C1=C(C(F)(F)F)N=c2s/c(=C\c3ccc(OCc4ccccc4F)cc3)c(=O)n2[C@@H]1c1ccc(Cl)cc1. The van der Waals surface area contributed by atoms with Crippen LogP contribution in [0.1, 0.15) is 29.7 Å². The molecule has 42 heavy (non-hydrogen) atoms. The summed E-state index contributed by atoms with van der Waals surface area (Å²) >= 11 is 6.76. The summed E-state index contributed by atoms with van der Waals surface area (Å²) in [6, 6.07) is 17.1. The van der Waals surface area contributed by atoms with Crippen molar-refractivity contribution >= 4 is 35.0 Å². The number of thiazole rings is 1. The summed E-state index contributed by atoms with van der Waals surface area (Å²) in [5.41, 5.74) is -1.68. The molecule has 2 heterocycles. The molecule has 1 aliphatic heterocycles. The molecule has 0 amide bonds. The maximum atomic E-state index is 14.2. The average molecular weight is 617 g/mol. The van der Waals surface area contributed by atoms with Gasteiger partial charge in [0.2, 0.25) is 0 Å². The van der Waals surface area contributed by atoms with Gasteiger partial charge in [0.25, 0.3) is 5.56 Å². The zero-order valence-electron chi connectivity index (χ0n) is 21.8. The number of rotatable bonds is 7. The van der Waals surface area contributed by atoms with Gasteiger partial charge in [-0.1, -0.05) is 65.4 Å². The first-order valence-corrected chi connectivity index (χ1v) is 13.8. The maximum absolute atomic E-state index is 14.2. The summed E-state index contributed by atoms with van der Waals surface area (Å²) in [7, 11) is 0. The van der Waals surface area contributed by atoms with Crippen LogP contribution < -0.4 is 19.6 Å². The van der Waals surface area contributed by atoms with Crippen molar-refractivity contribution in [3.05, 3.63) is 131 Å². The van der Waals surface area contributed by atoms with Gasteiger partial charge in [-0.15, -0.1) is 0 Å². The van der Waals surface area contributed by atoms with Gasteiger partial charge in [-0.2, -0.15) is 13.2 Å². The smallest absolute Gasteiger partial charge is 0.434 e. The van der Waals surface area contributed by atoms with E-state index >= 15 is 0 Å². The number of aromatic nitrogens is 1. The molecule has 1 aliphatic rings. The van der Waals surface area contributed by atoms with Gasteiger partial charge in [-0.25, -0.2) is 14.2 Å². The van der Waals surface area contributed by atoms with E-state index in [1.54, 1.807) is 42.5 Å². The van der Waals surface area contributed by atoms with Crippen LogP contribution in [-0.4, -0.2) is 23.3 Å². The van der Waals surface area contributed by atoms with Crippen molar-refractivity contribution in [1.82, 2.24) is 4.57 Å². The molecule has 0 saturated carbocycles. The Morgan fingerprint density at radius 3 is 2.40 bits per heavy atom. The van der Waals surface area contributed by atoms with Crippen LogP contribution in [0.15, 0.2) is 93.9 Å². The number of carbonyl (C=O) groups is 1. The monoisotopic (exact) mass is 616 g/mol. The number of esters is 1. The fraction of sp³-hybridized carbons (Fsp3) is 0.167.